The molecule has 13 rings (SSSR count). The first-order valence-corrected chi connectivity index (χ1v) is 30.3. The van der Waals surface area contributed by atoms with E-state index < -0.39 is 0 Å². The van der Waals surface area contributed by atoms with Crippen LogP contribution in [0.15, 0.2) is 170 Å². The van der Waals surface area contributed by atoms with Gasteiger partial charge in [-0.15, -0.1) is 0 Å². The van der Waals surface area contributed by atoms with Gasteiger partial charge >= 0.3 is 0 Å². The first-order valence-electron chi connectivity index (χ1n) is 30.3. The van der Waals surface area contributed by atoms with Gasteiger partial charge in [0.2, 0.25) is 13.4 Å². The SMILES string of the molecule is CC(C)(C)c1cc(C(C)(C)C)c(B2c3cc4c(cc3-n3c5ccccc5c5cc(-c6ccccc6)cc2c53)B(c2c(C(C)(C)C)cc(C(C)(C)C)cc2C(C)(C)C)c2cc(-c3ccccc3)cc3c5ccccc5n-4c23)c(C(C)(C)C)c1. The van der Waals surface area contributed by atoms with Crippen molar-refractivity contribution in [2.75, 3.05) is 0 Å². The van der Waals surface area contributed by atoms with E-state index in [-0.39, 0.29) is 45.9 Å². The van der Waals surface area contributed by atoms with Crippen LogP contribution >= 0.6 is 0 Å². The summed E-state index contributed by atoms with van der Waals surface area (Å²) in [5.41, 5.74) is 28.6. The van der Waals surface area contributed by atoms with E-state index in [2.05, 4.69) is 304 Å². The Morgan fingerprint density at radius 1 is 0.268 bits per heavy atom. The summed E-state index contributed by atoms with van der Waals surface area (Å²) in [4.78, 5) is 0. The smallest absolute Gasteiger partial charge is 0.247 e. The van der Waals surface area contributed by atoms with E-state index in [0.717, 1.165) is 0 Å². The molecule has 4 heterocycles. The predicted molar refractivity (Wildman–Crippen MR) is 360 cm³/mol. The summed E-state index contributed by atoms with van der Waals surface area (Å²) in [5.74, 6) is 0. The van der Waals surface area contributed by atoms with Crippen LogP contribution in [-0.2, 0) is 32.5 Å². The molecular weight excluding hydrogens is 986 g/mol. The molecule has 0 unspecified atom stereocenters. The molecule has 2 aromatic heterocycles. The molecule has 0 saturated heterocycles. The van der Waals surface area contributed by atoms with Gasteiger partial charge in [0.1, 0.15) is 0 Å². The second-order valence-electron chi connectivity index (χ2n) is 30.7. The largest absolute Gasteiger partial charge is 0.310 e. The molecule has 2 aliphatic heterocycles. The monoisotopic (exact) mass is 1070 g/mol. The third kappa shape index (κ3) is 8.42. The van der Waals surface area contributed by atoms with Gasteiger partial charge in [-0.1, -0.05) is 269 Å². The lowest BCUT2D eigenvalue weighted by Gasteiger charge is -2.40. The molecule has 0 fully saturated rings. The van der Waals surface area contributed by atoms with E-state index in [1.165, 1.54) is 143 Å². The topological polar surface area (TPSA) is 9.86 Å². The maximum atomic E-state index is 2.72. The number of para-hydroxylation sites is 2. The van der Waals surface area contributed by atoms with Crippen molar-refractivity contribution in [3.05, 3.63) is 203 Å². The van der Waals surface area contributed by atoms with Crippen molar-refractivity contribution in [3.8, 4) is 33.6 Å². The van der Waals surface area contributed by atoms with E-state index in [9.17, 15) is 0 Å². The minimum Gasteiger partial charge on any atom is -0.310 e. The van der Waals surface area contributed by atoms with Crippen molar-refractivity contribution < 1.29 is 0 Å². The summed E-state index contributed by atoms with van der Waals surface area (Å²) in [6.07, 6.45) is 0. The fourth-order valence-electron chi connectivity index (χ4n) is 14.5. The van der Waals surface area contributed by atoms with Crippen LogP contribution in [0.4, 0.5) is 0 Å². The molecule has 0 bridgehead atoms. The fraction of sp³-hybridized carbons (Fsp3) is 0.308. The maximum absolute atomic E-state index is 2.72. The highest BCUT2D eigenvalue weighted by molar-refractivity contribution is 7.00. The lowest BCUT2D eigenvalue weighted by molar-refractivity contribution is 0.552. The number of nitrogens with zero attached hydrogens (tertiary/aromatic N) is 2. The molecule has 0 saturated carbocycles. The Hall–Kier alpha value is -7.29. The van der Waals surface area contributed by atoms with Gasteiger partial charge in [-0.2, -0.15) is 0 Å². The van der Waals surface area contributed by atoms with Gasteiger partial charge in [-0.25, -0.2) is 0 Å². The van der Waals surface area contributed by atoms with Gasteiger partial charge in [0, 0.05) is 44.0 Å². The molecule has 0 N–H and O–H groups in total. The van der Waals surface area contributed by atoms with Gasteiger partial charge in [0.15, 0.2) is 0 Å². The second kappa shape index (κ2) is 18.1. The van der Waals surface area contributed by atoms with E-state index in [0.29, 0.717) is 0 Å². The van der Waals surface area contributed by atoms with E-state index in [1.54, 1.807) is 0 Å². The van der Waals surface area contributed by atoms with Gasteiger partial charge in [0.25, 0.3) is 0 Å². The van der Waals surface area contributed by atoms with Crippen molar-refractivity contribution in [2.24, 2.45) is 0 Å². The van der Waals surface area contributed by atoms with Gasteiger partial charge in [0.05, 0.1) is 11.0 Å². The maximum Gasteiger partial charge on any atom is 0.247 e. The van der Waals surface area contributed by atoms with Crippen molar-refractivity contribution in [2.45, 2.75) is 157 Å². The Kier molecular flexibility index (Phi) is 11.9. The van der Waals surface area contributed by atoms with Crippen LogP contribution in [0.2, 0.25) is 0 Å². The molecule has 82 heavy (non-hydrogen) atoms. The zero-order chi connectivity index (χ0) is 58.1. The Morgan fingerprint density at radius 3 is 0.878 bits per heavy atom. The van der Waals surface area contributed by atoms with Crippen LogP contribution in [0.3, 0.4) is 0 Å². The number of aromatic nitrogens is 2. The highest BCUT2D eigenvalue weighted by atomic mass is 15.0. The zero-order valence-corrected chi connectivity index (χ0v) is 52.2. The summed E-state index contributed by atoms with van der Waals surface area (Å²) in [7, 11) is 0. The lowest BCUT2D eigenvalue weighted by Crippen LogP contribution is -2.63. The highest BCUT2D eigenvalue weighted by Gasteiger charge is 2.46. The highest BCUT2D eigenvalue weighted by Crippen LogP contribution is 2.43. The van der Waals surface area contributed by atoms with Crippen molar-refractivity contribution in [3.63, 3.8) is 0 Å². The van der Waals surface area contributed by atoms with Crippen LogP contribution in [0.5, 0.6) is 0 Å². The zero-order valence-electron chi connectivity index (χ0n) is 52.2. The van der Waals surface area contributed by atoms with Crippen LogP contribution in [0.25, 0.3) is 77.2 Å². The molecule has 2 nitrogen and oxygen atoms in total. The van der Waals surface area contributed by atoms with Crippen molar-refractivity contribution in [1.82, 2.24) is 9.13 Å². The fourth-order valence-corrected chi connectivity index (χ4v) is 14.5. The number of benzene rings is 9. The molecule has 0 radical (unpaired) electrons. The normalized spacial score (nSPS) is 13.9. The van der Waals surface area contributed by atoms with Crippen molar-refractivity contribution >= 4 is 89.8 Å². The molecular formula is C78H82B2N2. The number of fused-ring (bicyclic) bond motifs is 10. The minimum absolute atomic E-state index is 0.0540. The second-order valence-corrected chi connectivity index (χ2v) is 30.7. The molecule has 9 aromatic carbocycles. The van der Waals surface area contributed by atoms with Gasteiger partial charge in [-0.05, 0) is 146 Å². The summed E-state index contributed by atoms with van der Waals surface area (Å²) in [6.45, 7) is 43.5. The first kappa shape index (κ1) is 54.0. The molecule has 4 heteroatoms. The number of hydrogen-bond acceptors (Lipinski definition) is 0. The van der Waals surface area contributed by atoms with E-state index in [1.807, 2.05) is 0 Å². The Labute approximate surface area is 490 Å². The average molecular weight is 1070 g/mol. The molecule has 11 aromatic rings. The molecule has 0 aliphatic carbocycles. The molecule has 0 spiro atoms. The number of hydrogen-bond donors (Lipinski definition) is 0. The molecule has 2 aliphatic rings. The quantitative estimate of drug-likeness (QED) is 0.156. The van der Waals surface area contributed by atoms with Gasteiger partial charge in [-0.3, -0.25) is 0 Å². The average Bonchev–Trinajstić information content (AvgIpc) is 1.63. The van der Waals surface area contributed by atoms with Crippen LogP contribution < -0.4 is 32.8 Å². The van der Waals surface area contributed by atoms with Crippen LogP contribution in [-0.4, -0.2) is 22.6 Å². The third-order valence-corrected chi connectivity index (χ3v) is 18.6. The Morgan fingerprint density at radius 2 is 0.573 bits per heavy atom. The standard InChI is InChI=1S/C78H82B2N2/c1-73(2,3)51-41-57(75(7,8)9)69(58(42-51)76(10,11)12)79-61-45-68-62(46-67(61)81-65-35-27-25-33-53(65)55-37-49(39-63(79)71(55)81)47-29-21-19-22-30-47)80(70-59(77(13,14)15)43-52(74(4,5)6)44-60(70)78(16,17)18)64-40-50(48-31-23-20-24-32-48)38-56-54-34-26-28-36-66(54)82(68)72(56)64/h19-46H,1-18H3. The van der Waals surface area contributed by atoms with Crippen LogP contribution in [0.1, 0.15) is 158 Å². The van der Waals surface area contributed by atoms with Gasteiger partial charge < -0.3 is 9.13 Å². The van der Waals surface area contributed by atoms with E-state index >= 15 is 0 Å². The Bertz CT molecular complexity index is 4070. The summed E-state index contributed by atoms with van der Waals surface area (Å²) in [5, 5.41) is 5.17. The van der Waals surface area contributed by atoms with E-state index in [4.69, 9.17) is 0 Å². The summed E-state index contributed by atoms with van der Waals surface area (Å²) < 4.78 is 5.40. The summed E-state index contributed by atoms with van der Waals surface area (Å²) >= 11 is 0. The van der Waals surface area contributed by atoms with Crippen molar-refractivity contribution in [1.29, 1.82) is 0 Å². The molecule has 410 valence electrons. The molecule has 0 amide bonds. The molecule has 0 atom stereocenters. The third-order valence-electron chi connectivity index (χ3n) is 18.6. The minimum atomic E-state index is -0.180. The van der Waals surface area contributed by atoms with Crippen LogP contribution in [0, 0.1) is 0 Å². The summed E-state index contributed by atoms with van der Waals surface area (Å²) in [6, 6.07) is 66.8. The first-order chi connectivity index (χ1) is 38.5. The predicted octanol–water partition coefficient (Wildman–Crippen LogP) is 16.7. The number of rotatable bonds is 4. The lowest BCUT2D eigenvalue weighted by atomic mass is 9.30. The Balaban J connectivity index is 1.28.